The van der Waals surface area contributed by atoms with Crippen LogP contribution in [-0.2, 0) is 13.5 Å². The second-order valence-electron chi connectivity index (χ2n) is 5.45. The molecule has 0 saturated carbocycles. The molecule has 3 heterocycles. The Hall–Kier alpha value is -1.48. The average Bonchev–Trinajstić information content (AvgIpc) is 2.91. The summed E-state index contributed by atoms with van der Waals surface area (Å²) >= 11 is 4.88. The highest BCUT2D eigenvalue weighted by atomic mass is 79.9. The maximum atomic E-state index is 12.0. The molecule has 0 aliphatic carbocycles. The zero-order valence-electron chi connectivity index (χ0n) is 13.2. The van der Waals surface area contributed by atoms with Crippen molar-refractivity contribution in [3.05, 3.63) is 26.8 Å². The first-order valence-electron chi connectivity index (χ1n) is 7.64. The summed E-state index contributed by atoms with van der Waals surface area (Å²) in [6.45, 7) is 5.60. The zero-order valence-corrected chi connectivity index (χ0v) is 15.6. The van der Waals surface area contributed by atoms with Crippen LogP contribution in [0.3, 0.4) is 0 Å². The van der Waals surface area contributed by atoms with Crippen molar-refractivity contribution in [3.63, 3.8) is 0 Å². The highest BCUT2D eigenvalue weighted by Crippen LogP contribution is 2.25. The summed E-state index contributed by atoms with van der Waals surface area (Å²) in [6, 6.07) is 0. The van der Waals surface area contributed by atoms with Gasteiger partial charge in [-0.1, -0.05) is 6.92 Å². The van der Waals surface area contributed by atoms with Crippen LogP contribution in [0, 0.1) is 0 Å². The Kier molecular flexibility index (Phi) is 4.96. The van der Waals surface area contributed by atoms with Crippen LogP contribution in [0.15, 0.2) is 15.5 Å². The van der Waals surface area contributed by atoms with Gasteiger partial charge in [-0.2, -0.15) is 9.47 Å². The van der Waals surface area contributed by atoms with E-state index in [2.05, 4.69) is 47.1 Å². The molecule has 1 saturated heterocycles. The minimum absolute atomic E-state index is 0.111. The molecule has 0 N–H and O–H groups in total. The van der Waals surface area contributed by atoms with Gasteiger partial charge in [-0.15, -0.1) is 0 Å². The first kappa shape index (κ1) is 16.4. The third-order valence-corrected chi connectivity index (χ3v) is 5.50. The minimum Gasteiger partial charge on any atom is -0.367 e. The lowest BCUT2D eigenvalue weighted by molar-refractivity contribution is 0.694. The van der Waals surface area contributed by atoms with E-state index in [1.807, 2.05) is 0 Å². The molecule has 7 nitrogen and oxygen atoms in total. The molecular weight excluding hydrogens is 380 g/mol. The summed E-state index contributed by atoms with van der Waals surface area (Å²) in [5, 5.41) is 5.13. The van der Waals surface area contributed by atoms with Crippen LogP contribution in [0.1, 0.15) is 19.2 Å². The fourth-order valence-electron chi connectivity index (χ4n) is 2.59. The van der Waals surface area contributed by atoms with E-state index in [1.54, 1.807) is 13.2 Å². The molecule has 2 aromatic rings. The number of anilines is 2. The Morgan fingerprint density at radius 3 is 2.74 bits per heavy atom. The van der Waals surface area contributed by atoms with Gasteiger partial charge in [0.1, 0.15) is 10.3 Å². The van der Waals surface area contributed by atoms with Gasteiger partial charge in [0, 0.05) is 51.2 Å². The van der Waals surface area contributed by atoms with Crippen LogP contribution in [0.4, 0.5) is 10.8 Å². The lowest BCUT2D eigenvalue weighted by Gasteiger charge is -2.23. The maximum Gasteiger partial charge on any atom is 0.282 e. The lowest BCUT2D eigenvalue weighted by atomic mass is 10.3. The molecule has 0 bridgehead atoms. The van der Waals surface area contributed by atoms with Gasteiger partial charge in [0.2, 0.25) is 5.13 Å². The molecule has 1 aliphatic rings. The molecule has 1 aliphatic heterocycles. The Morgan fingerprint density at radius 2 is 2.00 bits per heavy atom. The quantitative estimate of drug-likeness (QED) is 0.783. The molecule has 9 heteroatoms. The summed E-state index contributed by atoms with van der Waals surface area (Å²) in [5.41, 5.74) is 0.752. The molecule has 124 valence electrons. The fourth-order valence-corrected chi connectivity index (χ4v) is 4.00. The van der Waals surface area contributed by atoms with Crippen LogP contribution >= 0.6 is 27.5 Å². The van der Waals surface area contributed by atoms with Crippen molar-refractivity contribution in [3.8, 4) is 0 Å². The number of rotatable bonds is 3. The zero-order chi connectivity index (χ0) is 16.4. The molecule has 0 radical (unpaired) electrons. The normalized spacial score (nSPS) is 15.8. The Balaban J connectivity index is 1.76. The summed E-state index contributed by atoms with van der Waals surface area (Å²) < 4.78 is 6.28. The van der Waals surface area contributed by atoms with E-state index in [9.17, 15) is 4.79 Å². The molecule has 2 aromatic heterocycles. The molecule has 3 rings (SSSR count). The number of hydrogen-bond donors (Lipinski definition) is 0. The Bertz CT molecular complexity index is 745. The predicted molar refractivity (Wildman–Crippen MR) is 95.5 cm³/mol. The predicted octanol–water partition coefficient (Wildman–Crippen LogP) is 1.67. The van der Waals surface area contributed by atoms with E-state index < -0.39 is 0 Å². The molecule has 0 unspecified atom stereocenters. The van der Waals surface area contributed by atoms with E-state index in [-0.39, 0.29) is 5.56 Å². The number of hydrogen-bond acceptors (Lipinski definition) is 7. The van der Waals surface area contributed by atoms with Crippen molar-refractivity contribution in [2.24, 2.45) is 7.05 Å². The van der Waals surface area contributed by atoms with Gasteiger partial charge in [0.05, 0.1) is 11.9 Å². The van der Waals surface area contributed by atoms with E-state index in [4.69, 9.17) is 0 Å². The van der Waals surface area contributed by atoms with Crippen LogP contribution in [0.25, 0.3) is 0 Å². The second-order valence-corrected chi connectivity index (χ2v) is 6.97. The third kappa shape index (κ3) is 3.40. The summed E-state index contributed by atoms with van der Waals surface area (Å²) in [6.07, 6.45) is 3.62. The van der Waals surface area contributed by atoms with Crippen molar-refractivity contribution < 1.29 is 0 Å². The van der Waals surface area contributed by atoms with E-state index in [0.29, 0.717) is 4.47 Å². The fraction of sp³-hybridized carbons (Fsp3) is 0.571. The number of aromatic nitrogens is 4. The van der Waals surface area contributed by atoms with Gasteiger partial charge in [-0.05, 0) is 22.4 Å². The molecule has 0 spiro atoms. The van der Waals surface area contributed by atoms with Crippen LogP contribution in [-0.4, -0.2) is 45.3 Å². The summed E-state index contributed by atoms with van der Waals surface area (Å²) in [5.74, 6) is 0.907. The van der Waals surface area contributed by atoms with Crippen LogP contribution < -0.4 is 15.4 Å². The van der Waals surface area contributed by atoms with E-state index in [0.717, 1.165) is 55.7 Å². The van der Waals surface area contributed by atoms with Gasteiger partial charge in [-0.25, -0.2) is 9.67 Å². The van der Waals surface area contributed by atoms with Gasteiger partial charge >= 0.3 is 0 Å². The first-order chi connectivity index (χ1) is 11.1. The Morgan fingerprint density at radius 1 is 1.26 bits per heavy atom. The summed E-state index contributed by atoms with van der Waals surface area (Å²) in [7, 11) is 1.65. The van der Waals surface area contributed by atoms with Gasteiger partial charge in [0.15, 0.2) is 0 Å². The van der Waals surface area contributed by atoms with Crippen molar-refractivity contribution in [1.29, 1.82) is 0 Å². The molecule has 1 fully saturated rings. The highest BCUT2D eigenvalue weighted by Gasteiger charge is 2.20. The van der Waals surface area contributed by atoms with Crippen molar-refractivity contribution in [1.82, 2.24) is 19.1 Å². The third-order valence-electron chi connectivity index (χ3n) is 3.94. The maximum absolute atomic E-state index is 12.0. The van der Waals surface area contributed by atoms with Gasteiger partial charge in [0.25, 0.3) is 5.56 Å². The van der Waals surface area contributed by atoms with Crippen molar-refractivity contribution in [2.45, 2.75) is 19.8 Å². The van der Waals surface area contributed by atoms with Crippen molar-refractivity contribution >= 4 is 38.3 Å². The Labute approximate surface area is 147 Å². The highest BCUT2D eigenvalue weighted by molar-refractivity contribution is 9.10. The van der Waals surface area contributed by atoms with Gasteiger partial charge < -0.3 is 9.80 Å². The van der Waals surface area contributed by atoms with Crippen LogP contribution in [0.5, 0.6) is 0 Å². The number of aryl methyl sites for hydroxylation is 2. The van der Waals surface area contributed by atoms with Crippen molar-refractivity contribution in [2.75, 3.05) is 36.0 Å². The number of nitrogens with zero attached hydrogens (tertiary/aromatic N) is 6. The molecular formula is C14H19BrN6OS. The molecule has 0 amide bonds. The second kappa shape index (κ2) is 6.96. The largest absolute Gasteiger partial charge is 0.367 e. The standard InChI is InChI=1S/C14H19BrN6OS/c1-3-11-17-14(23-18-11)21-6-4-5-20(7-8-21)10-9-16-19(2)13(22)12(10)15/h9H,3-8H2,1-2H3. The average molecular weight is 399 g/mol. The van der Waals surface area contributed by atoms with Gasteiger partial charge in [-0.3, -0.25) is 4.79 Å². The van der Waals surface area contributed by atoms with E-state index >= 15 is 0 Å². The summed E-state index contributed by atoms with van der Waals surface area (Å²) in [4.78, 5) is 21.1. The monoisotopic (exact) mass is 398 g/mol. The van der Waals surface area contributed by atoms with Crippen LogP contribution in [0.2, 0.25) is 0 Å². The molecule has 23 heavy (non-hydrogen) atoms. The van der Waals surface area contributed by atoms with E-state index in [1.165, 1.54) is 16.2 Å². The lowest BCUT2D eigenvalue weighted by Crippen LogP contribution is -2.32. The smallest absolute Gasteiger partial charge is 0.282 e. The topological polar surface area (TPSA) is 67.2 Å². The minimum atomic E-state index is -0.111. The molecule has 0 aromatic carbocycles. The number of halogens is 1. The molecule has 0 atom stereocenters. The SMILES string of the molecule is CCc1nsc(N2CCCN(c3cnn(C)c(=O)c3Br)CC2)n1. The first-order valence-corrected chi connectivity index (χ1v) is 9.21.